The summed E-state index contributed by atoms with van der Waals surface area (Å²) in [6.07, 6.45) is 6.82. The van der Waals surface area contributed by atoms with Crippen LogP contribution < -0.4 is 10.1 Å². The maximum atomic E-state index is 13.0. The molecule has 4 heteroatoms. The first-order valence-electron chi connectivity index (χ1n) is 10.8. The molecule has 1 aliphatic carbocycles. The second-order valence-corrected chi connectivity index (χ2v) is 8.40. The average Bonchev–Trinajstić information content (AvgIpc) is 3.25. The van der Waals surface area contributed by atoms with Gasteiger partial charge in [-0.3, -0.25) is 9.69 Å². The zero-order chi connectivity index (χ0) is 19.5. The Kier molecular flexibility index (Phi) is 5.86. The molecule has 0 aromatic heterocycles. The van der Waals surface area contributed by atoms with Crippen molar-refractivity contribution in [2.24, 2.45) is 0 Å². The molecule has 0 bridgehead atoms. The first kappa shape index (κ1) is 19.3. The first-order valence-corrected chi connectivity index (χ1v) is 10.8. The van der Waals surface area contributed by atoms with E-state index in [0.717, 1.165) is 28.5 Å². The Bertz CT molecular complexity index is 828. The van der Waals surface area contributed by atoms with E-state index < -0.39 is 6.10 Å². The van der Waals surface area contributed by atoms with Crippen LogP contribution in [-0.4, -0.2) is 42.1 Å². The second kappa shape index (κ2) is 8.52. The van der Waals surface area contributed by atoms with Crippen molar-refractivity contribution in [2.75, 3.05) is 13.1 Å². The van der Waals surface area contributed by atoms with Crippen molar-refractivity contribution in [2.45, 2.75) is 70.6 Å². The van der Waals surface area contributed by atoms with Gasteiger partial charge in [-0.15, -0.1) is 0 Å². The Hall–Kier alpha value is -2.07. The van der Waals surface area contributed by atoms with Gasteiger partial charge < -0.3 is 10.1 Å². The average molecular weight is 381 g/mol. The Labute approximate surface area is 168 Å². The van der Waals surface area contributed by atoms with Gasteiger partial charge in [0.15, 0.2) is 6.10 Å². The number of carbonyl (C=O) groups is 1. The number of carbonyl (C=O) groups excluding carboxylic acids is 1. The van der Waals surface area contributed by atoms with Crippen molar-refractivity contribution in [1.82, 2.24) is 10.2 Å². The van der Waals surface area contributed by atoms with Crippen molar-refractivity contribution in [1.29, 1.82) is 0 Å². The van der Waals surface area contributed by atoms with Gasteiger partial charge in [-0.05, 0) is 63.6 Å². The summed E-state index contributed by atoms with van der Waals surface area (Å²) in [5, 5.41) is 5.53. The molecular formula is C24H32N2O2. The number of likely N-dealkylation sites (tertiary alicyclic amines) is 1. The maximum Gasteiger partial charge on any atom is 0.261 e. The molecule has 2 aliphatic rings. The molecule has 3 atom stereocenters. The number of rotatable bonds is 5. The third-order valence-corrected chi connectivity index (χ3v) is 6.41. The summed E-state index contributed by atoms with van der Waals surface area (Å²) < 4.78 is 6.20. The zero-order valence-electron chi connectivity index (χ0n) is 17.1. The molecule has 1 amide bonds. The van der Waals surface area contributed by atoms with Gasteiger partial charge >= 0.3 is 0 Å². The van der Waals surface area contributed by atoms with E-state index in [-0.39, 0.29) is 11.9 Å². The van der Waals surface area contributed by atoms with Gasteiger partial charge in [0.2, 0.25) is 0 Å². The van der Waals surface area contributed by atoms with Crippen molar-refractivity contribution in [3.05, 3.63) is 42.0 Å². The Morgan fingerprint density at radius 2 is 1.82 bits per heavy atom. The van der Waals surface area contributed by atoms with Gasteiger partial charge in [-0.25, -0.2) is 0 Å². The number of hydrogen-bond acceptors (Lipinski definition) is 3. The molecule has 0 radical (unpaired) electrons. The van der Waals surface area contributed by atoms with Crippen LogP contribution in [0.25, 0.3) is 10.8 Å². The summed E-state index contributed by atoms with van der Waals surface area (Å²) in [4.78, 5) is 15.6. The number of amides is 1. The summed E-state index contributed by atoms with van der Waals surface area (Å²) in [5.74, 6) is 0.823. The molecule has 1 saturated heterocycles. The first-order chi connectivity index (χ1) is 13.6. The third kappa shape index (κ3) is 4.02. The zero-order valence-corrected chi connectivity index (χ0v) is 17.1. The lowest BCUT2D eigenvalue weighted by Gasteiger charge is -2.38. The van der Waals surface area contributed by atoms with E-state index in [2.05, 4.69) is 34.5 Å². The maximum absolute atomic E-state index is 13.0. The topological polar surface area (TPSA) is 41.6 Å². The number of nitrogens with zero attached hydrogens (tertiary/aromatic N) is 1. The molecule has 1 aliphatic heterocycles. The molecule has 4 rings (SSSR count). The highest BCUT2D eigenvalue weighted by Gasteiger charge is 2.33. The van der Waals surface area contributed by atoms with Crippen LogP contribution in [0.5, 0.6) is 5.75 Å². The predicted molar refractivity (Wildman–Crippen MR) is 114 cm³/mol. The monoisotopic (exact) mass is 380 g/mol. The van der Waals surface area contributed by atoms with Crippen molar-refractivity contribution < 1.29 is 9.53 Å². The van der Waals surface area contributed by atoms with Crippen LogP contribution in [0.3, 0.4) is 0 Å². The fraction of sp³-hybridized carbons (Fsp3) is 0.542. The second-order valence-electron chi connectivity index (χ2n) is 8.40. The van der Waals surface area contributed by atoms with Crippen LogP contribution in [0.1, 0.15) is 51.0 Å². The van der Waals surface area contributed by atoms with Gasteiger partial charge in [-0.1, -0.05) is 49.2 Å². The van der Waals surface area contributed by atoms with E-state index in [4.69, 9.17) is 4.74 Å². The summed E-state index contributed by atoms with van der Waals surface area (Å²) in [6.45, 7) is 6.26. The highest BCUT2D eigenvalue weighted by atomic mass is 16.5. The fourth-order valence-electron chi connectivity index (χ4n) is 4.83. The molecule has 2 aromatic rings. The van der Waals surface area contributed by atoms with Crippen LogP contribution in [0.4, 0.5) is 0 Å². The lowest BCUT2D eigenvalue weighted by atomic mass is 9.89. The number of hydrogen-bond donors (Lipinski definition) is 1. The molecule has 150 valence electrons. The highest BCUT2D eigenvalue weighted by molar-refractivity contribution is 5.90. The highest BCUT2D eigenvalue weighted by Crippen LogP contribution is 2.30. The molecule has 1 heterocycles. The van der Waals surface area contributed by atoms with Gasteiger partial charge in [0, 0.05) is 17.5 Å². The minimum Gasteiger partial charge on any atom is -0.480 e. The molecule has 2 fully saturated rings. The molecule has 2 aromatic carbocycles. The lowest BCUT2D eigenvalue weighted by Crippen LogP contribution is -2.54. The van der Waals surface area contributed by atoms with Crippen LogP contribution in [0.15, 0.2) is 36.4 Å². The minimum atomic E-state index is -0.509. The van der Waals surface area contributed by atoms with Crippen molar-refractivity contribution in [3.8, 4) is 5.75 Å². The largest absolute Gasteiger partial charge is 0.480 e. The van der Waals surface area contributed by atoms with Crippen LogP contribution in [-0.2, 0) is 4.79 Å². The molecule has 1 N–H and O–H groups in total. The predicted octanol–water partition coefficient (Wildman–Crippen LogP) is 4.44. The molecule has 28 heavy (non-hydrogen) atoms. The van der Waals surface area contributed by atoms with E-state index in [0.29, 0.717) is 6.04 Å². The van der Waals surface area contributed by atoms with Crippen LogP contribution >= 0.6 is 0 Å². The summed E-state index contributed by atoms with van der Waals surface area (Å²) >= 11 is 0. The van der Waals surface area contributed by atoms with E-state index in [1.165, 1.54) is 45.2 Å². The van der Waals surface area contributed by atoms with Crippen LogP contribution in [0.2, 0.25) is 0 Å². The lowest BCUT2D eigenvalue weighted by molar-refractivity contribution is -0.128. The standard InChI is InChI=1S/C24H32N2O2/c1-17-13-14-19-9-3-4-10-20(19)23(17)28-18(2)24(27)25-21-11-5-6-12-22(21)26-15-7-8-16-26/h3-4,9-10,13-14,18,21-22H,5-8,11-12,15-16H2,1-2H3,(H,25,27). The smallest absolute Gasteiger partial charge is 0.261 e. The molecule has 1 saturated carbocycles. The number of ether oxygens (including phenoxy) is 1. The fourth-order valence-corrected chi connectivity index (χ4v) is 4.83. The van der Waals surface area contributed by atoms with Gasteiger partial charge in [0.25, 0.3) is 5.91 Å². The molecule has 3 unspecified atom stereocenters. The number of benzene rings is 2. The summed E-state index contributed by atoms with van der Waals surface area (Å²) in [7, 11) is 0. The number of fused-ring (bicyclic) bond motifs is 1. The Balaban J connectivity index is 1.45. The van der Waals surface area contributed by atoms with Crippen molar-refractivity contribution >= 4 is 16.7 Å². The van der Waals surface area contributed by atoms with E-state index in [1.54, 1.807) is 0 Å². The summed E-state index contributed by atoms with van der Waals surface area (Å²) in [5.41, 5.74) is 1.06. The molecule has 0 spiro atoms. The minimum absolute atomic E-state index is 0.00318. The number of aryl methyl sites for hydroxylation is 1. The summed E-state index contributed by atoms with van der Waals surface area (Å²) in [6, 6.07) is 13.1. The van der Waals surface area contributed by atoms with E-state index in [1.807, 2.05) is 26.0 Å². The van der Waals surface area contributed by atoms with E-state index in [9.17, 15) is 4.79 Å². The van der Waals surface area contributed by atoms with Gasteiger partial charge in [0.1, 0.15) is 5.75 Å². The SMILES string of the molecule is Cc1ccc2ccccc2c1OC(C)C(=O)NC1CCCCC1N1CCCC1. The quantitative estimate of drug-likeness (QED) is 0.834. The normalized spacial score (nSPS) is 24.2. The Morgan fingerprint density at radius 1 is 1.07 bits per heavy atom. The van der Waals surface area contributed by atoms with Crippen LogP contribution in [0, 0.1) is 6.92 Å². The molecule has 4 nitrogen and oxygen atoms in total. The van der Waals surface area contributed by atoms with Crippen molar-refractivity contribution in [3.63, 3.8) is 0 Å². The van der Waals surface area contributed by atoms with Gasteiger partial charge in [0.05, 0.1) is 0 Å². The number of nitrogens with one attached hydrogen (secondary N) is 1. The Morgan fingerprint density at radius 3 is 2.64 bits per heavy atom. The van der Waals surface area contributed by atoms with Gasteiger partial charge in [-0.2, -0.15) is 0 Å². The van der Waals surface area contributed by atoms with E-state index >= 15 is 0 Å². The third-order valence-electron chi connectivity index (χ3n) is 6.41. The molecular weight excluding hydrogens is 348 g/mol.